The molecule has 1 aliphatic carbocycles. The Morgan fingerprint density at radius 2 is 2.27 bits per heavy atom. The maximum absolute atomic E-state index is 11.6. The third kappa shape index (κ3) is 5.35. The molecular formula is C10H21ClN2O2. The van der Waals surface area contributed by atoms with E-state index in [0.717, 1.165) is 25.7 Å². The SMILES string of the molecule is COCCNC(=O)C1CCCC(N)C1.Cl. The predicted octanol–water partition coefficient (Wildman–Crippen LogP) is 0.688. The first kappa shape index (κ1) is 14.7. The van der Waals surface area contributed by atoms with Crippen LogP contribution in [0.15, 0.2) is 0 Å². The minimum Gasteiger partial charge on any atom is -0.383 e. The van der Waals surface area contributed by atoms with Crippen LogP contribution in [-0.2, 0) is 9.53 Å². The molecule has 1 aliphatic rings. The van der Waals surface area contributed by atoms with Crippen LogP contribution in [0.5, 0.6) is 0 Å². The predicted molar refractivity (Wildman–Crippen MR) is 62.1 cm³/mol. The number of carbonyl (C=O) groups is 1. The third-order valence-electron chi connectivity index (χ3n) is 2.69. The highest BCUT2D eigenvalue weighted by Crippen LogP contribution is 2.22. The summed E-state index contributed by atoms with van der Waals surface area (Å²) in [5.74, 6) is 0.257. The summed E-state index contributed by atoms with van der Waals surface area (Å²) in [6, 6.07) is 0.210. The number of methoxy groups -OCH3 is 1. The van der Waals surface area contributed by atoms with E-state index >= 15 is 0 Å². The Morgan fingerprint density at radius 1 is 1.53 bits per heavy atom. The fraction of sp³-hybridized carbons (Fsp3) is 0.900. The molecule has 0 saturated heterocycles. The van der Waals surface area contributed by atoms with Gasteiger partial charge in [0.1, 0.15) is 0 Å². The van der Waals surface area contributed by atoms with Crippen LogP contribution in [0.1, 0.15) is 25.7 Å². The van der Waals surface area contributed by atoms with E-state index in [4.69, 9.17) is 10.5 Å². The van der Waals surface area contributed by atoms with Crippen LogP contribution in [0, 0.1) is 5.92 Å². The van der Waals surface area contributed by atoms with E-state index in [1.807, 2.05) is 0 Å². The van der Waals surface area contributed by atoms with Gasteiger partial charge in [0.25, 0.3) is 0 Å². The summed E-state index contributed by atoms with van der Waals surface area (Å²) in [5, 5.41) is 2.85. The molecule has 0 heterocycles. The van der Waals surface area contributed by atoms with Crippen LogP contribution in [0.3, 0.4) is 0 Å². The zero-order chi connectivity index (χ0) is 10.4. The topological polar surface area (TPSA) is 64.3 Å². The normalized spacial score (nSPS) is 25.5. The van der Waals surface area contributed by atoms with Gasteiger partial charge in [0.05, 0.1) is 6.61 Å². The van der Waals surface area contributed by atoms with Crippen molar-refractivity contribution in [2.45, 2.75) is 31.7 Å². The van der Waals surface area contributed by atoms with E-state index in [9.17, 15) is 4.79 Å². The second kappa shape index (κ2) is 7.91. The Hall–Kier alpha value is -0.320. The summed E-state index contributed by atoms with van der Waals surface area (Å²) in [6.45, 7) is 1.17. The average molecular weight is 237 g/mol. The Balaban J connectivity index is 0.00000196. The van der Waals surface area contributed by atoms with Crippen molar-refractivity contribution in [3.05, 3.63) is 0 Å². The number of nitrogens with one attached hydrogen (secondary N) is 1. The van der Waals surface area contributed by atoms with Crippen molar-refractivity contribution in [3.8, 4) is 0 Å². The zero-order valence-corrected chi connectivity index (χ0v) is 10.0. The van der Waals surface area contributed by atoms with E-state index in [1.165, 1.54) is 0 Å². The maximum atomic E-state index is 11.6. The lowest BCUT2D eigenvalue weighted by Crippen LogP contribution is -2.38. The van der Waals surface area contributed by atoms with Crippen molar-refractivity contribution in [3.63, 3.8) is 0 Å². The number of hydrogen-bond acceptors (Lipinski definition) is 3. The second-order valence-corrected chi connectivity index (χ2v) is 3.91. The van der Waals surface area contributed by atoms with Gasteiger partial charge in [0.2, 0.25) is 5.91 Å². The molecule has 1 saturated carbocycles. The lowest BCUT2D eigenvalue weighted by atomic mass is 9.85. The monoisotopic (exact) mass is 236 g/mol. The third-order valence-corrected chi connectivity index (χ3v) is 2.69. The van der Waals surface area contributed by atoms with Gasteiger partial charge in [-0.1, -0.05) is 6.42 Å². The van der Waals surface area contributed by atoms with Crippen molar-refractivity contribution in [1.29, 1.82) is 0 Å². The summed E-state index contributed by atoms with van der Waals surface area (Å²) in [6.07, 6.45) is 3.94. The number of nitrogens with two attached hydrogens (primary N) is 1. The van der Waals surface area contributed by atoms with Gasteiger partial charge in [-0.3, -0.25) is 4.79 Å². The van der Waals surface area contributed by atoms with E-state index in [0.29, 0.717) is 13.2 Å². The van der Waals surface area contributed by atoms with Gasteiger partial charge in [0.15, 0.2) is 0 Å². The van der Waals surface area contributed by atoms with Gasteiger partial charge in [-0.05, 0) is 19.3 Å². The van der Waals surface area contributed by atoms with Crippen molar-refractivity contribution < 1.29 is 9.53 Å². The van der Waals surface area contributed by atoms with Crippen LogP contribution in [-0.4, -0.2) is 32.2 Å². The number of amides is 1. The van der Waals surface area contributed by atoms with Crippen LogP contribution in [0.2, 0.25) is 0 Å². The minimum atomic E-state index is 0. The van der Waals surface area contributed by atoms with E-state index in [-0.39, 0.29) is 30.3 Å². The summed E-state index contributed by atoms with van der Waals surface area (Å²) < 4.78 is 4.86. The lowest BCUT2D eigenvalue weighted by Gasteiger charge is -2.25. The molecule has 0 aromatic carbocycles. The van der Waals surface area contributed by atoms with Gasteiger partial charge < -0.3 is 15.8 Å². The van der Waals surface area contributed by atoms with Crippen molar-refractivity contribution >= 4 is 18.3 Å². The molecule has 0 bridgehead atoms. The number of halogens is 1. The number of hydrogen-bond donors (Lipinski definition) is 2. The fourth-order valence-corrected chi connectivity index (χ4v) is 1.89. The molecular weight excluding hydrogens is 216 g/mol. The molecule has 2 unspecified atom stereocenters. The Labute approximate surface area is 97.3 Å². The zero-order valence-electron chi connectivity index (χ0n) is 9.20. The van der Waals surface area contributed by atoms with Gasteiger partial charge in [-0.15, -0.1) is 12.4 Å². The molecule has 1 amide bonds. The van der Waals surface area contributed by atoms with E-state index in [1.54, 1.807) is 7.11 Å². The van der Waals surface area contributed by atoms with Gasteiger partial charge >= 0.3 is 0 Å². The summed E-state index contributed by atoms with van der Waals surface area (Å²) in [5.41, 5.74) is 5.81. The molecule has 0 aromatic rings. The van der Waals surface area contributed by atoms with E-state index in [2.05, 4.69) is 5.32 Å². The van der Waals surface area contributed by atoms with Gasteiger partial charge in [0, 0.05) is 25.6 Å². The first-order valence-corrected chi connectivity index (χ1v) is 5.26. The molecule has 5 heteroatoms. The van der Waals surface area contributed by atoms with Crippen LogP contribution in [0.4, 0.5) is 0 Å². The number of carbonyl (C=O) groups excluding carboxylic acids is 1. The van der Waals surface area contributed by atoms with Gasteiger partial charge in [-0.25, -0.2) is 0 Å². The second-order valence-electron chi connectivity index (χ2n) is 3.91. The molecule has 0 aliphatic heterocycles. The fourth-order valence-electron chi connectivity index (χ4n) is 1.89. The maximum Gasteiger partial charge on any atom is 0.223 e. The molecule has 0 spiro atoms. The quantitative estimate of drug-likeness (QED) is 0.706. The lowest BCUT2D eigenvalue weighted by molar-refractivity contribution is -0.126. The van der Waals surface area contributed by atoms with E-state index < -0.39 is 0 Å². The molecule has 1 fully saturated rings. The summed E-state index contributed by atoms with van der Waals surface area (Å²) in [4.78, 5) is 11.6. The summed E-state index contributed by atoms with van der Waals surface area (Å²) in [7, 11) is 1.63. The molecule has 3 N–H and O–H groups in total. The Morgan fingerprint density at radius 3 is 2.87 bits per heavy atom. The molecule has 15 heavy (non-hydrogen) atoms. The molecule has 0 radical (unpaired) electrons. The average Bonchev–Trinajstić information content (AvgIpc) is 2.18. The minimum absolute atomic E-state index is 0. The van der Waals surface area contributed by atoms with Crippen molar-refractivity contribution in [2.24, 2.45) is 11.7 Å². The Bertz CT molecular complexity index is 190. The first-order valence-electron chi connectivity index (χ1n) is 5.26. The Kier molecular flexibility index (Phi) is 7.74. The molecule has 2 atom stereocenters. The standard InChI is InChI=1S/C10H20N2O2.ClH/c1-14-6-5-12-10(13)8-3-2-4-9(11)7-8;/h8-9H,2-7,11H2,1H3,(H,12,13);1H. The van der Waals surface area contributed by atoms with Crippen LogP contribution >= 0.6 is 12.4 Å². The van der Waals surface area contributed by atoms with Gasteiger partial charge in [-0.2, -0.15) is 0 Å². The highest BCUT2D eigenvalue weighted by molar-refractivity contribution is 5.85. The molecule has 1 rings (SSSR count). The largest absolute Gasteiger partial charge is 0.383 e. The van der Waals surface area contributed by atoms with Crippen LogP contribution < -0.4 is 11.1 Å². The number of rotatable bonds is 4. The first-order chi connectivity index (χ1) is 6.74. The van der Waals surface area contributed by atoms with Crippen molar-refractivity contribution in [2.75, 3.05) is 20.3 Å². The molecule has 4 nitrogen and oxygen atoms in total. The molecule has 0 aromatic heterocycles. The highest BCUT2D eigenvalue weighted by Gasteiger charge is 2.24. The van der Waals surface area contributed by atoms with Crippen LogP contribution in [0.25, 0.3) is 0 Å². The summed E-state index contributed by atoms with van der Waals surface area (Å²) >= 11 is 0. The van der Waals surface area contributed by atoms with Crippen molar-refractivity contribution in [1.82, 2.24) is 5.32 Å². The smallest absolute Gasteiger partial charge is 0.223 e. The number of ether oxygens (including phenoxy) is 1. The highest BCUT2D eigenvalue weighted by atomic mass is 35.5. The molecule has 90 valence electrons.